The van der Waals surface area contributed by atoms with Gasteiger partial charge in [0.05, 0.1) is 0 Å². The number of hydrogen-bond donors (Lipinski definition) is 1. The van der Waals surface area contributed by atoms with Gasteiger partial charge in [-0.1, -0.05) is 47.5 Å². The molecular weight excluding hydrogens is 250 g/mol. The van der Waals surface area contributed by atoms with Gasteiger partial charge in [-0.2, -0.15) is 0 Å². The maximum absolute atomic E-state index is 6.02. The summed E-state index contributed by atoms with van der Waals surface area (Å²) < 4.78 is 0. The first-order valence-electron chi connectivity index (χ1n) is 6.61. The third-order valence-electron chi connectivity index (χ3n) is 3.09. The molecule has 0 spiro atoms. The molecule has 2 aromatic carbocycles. The summed E-state index contributed by atoms with van der Waals surface area (Å²) in [5.74, 6) is 0.992. The van der Waals surface area contributed by atoms with Crippen molar-refractivity contribution >= 4 is 11.8 Å². The number of hydrogen-bond acceptors (Lipinski definition) is 2. The molecule has 2 heteroatoms. The Morgan fingerprint density at radius 2 is 1.68 bits per heavy atom. The Balaban J connectivity index is 2.14. The molecule has 0 radical (unpaired) electrons. The molecule has 0 unspecified atom stereocenters. The van der Waals surface area contributed by atoms with E-state index in [1.165, 1.54) is 27.1 Å². The molecule has 0 aliphatic rings. The van der Waals surface area contributed by atoms with Gasteiger partial charge in [-0.15, -0.1) is 11.8 Å². The van der Waals surface area contributed by atoms with E-state index in [0.717, 1.165) is 5.75 Å². The van der Waals surface area contributed by atoms with Gasteiger partial charge in [0.25, 0.3) is 0 Å². The van der Waals surface area contributed by atoms with E-state index < -0.39 is 0 Å². The lowest BCUT2D eigenvalue weighted by atomic mass is 10.1. The summed E-state index contributed by atoms with van der Waals surface area (Å²) in [4.78, 5) is 1.29. The third kappa shape index (κ3) is 3.85. The van der Waals surface area contributed by atoms with Crippen molar-refractivity contribution < 1.29 is 0 Å². The summed E-state index contributed by atoms with van der Waals surface area (Å²) in [6.45, 7) is 6.34. The molecule has 1 atom stereocenters. The Hall–Kier alpha value is -1.25. The van der Waals surface area contributed by atoms with Crippen LogP contribution in [-0.4, -0.2) is 0 Å². The highest BCUT2D eigenvalue weighted by Crippen LogP contribution is 2.29. The van der Waals surface area contributed by atoms with Crippen molar-refractivity contribution in [3.05, 3.63) is 64.7 Å². The van der Waals surface area contributed by atoms with Gasteiger partial charge in [-0.3, -0.25) is 0 Å². The minimum Gasteiger partial charge on any atom is -0.324 e. The van der Waals surface area contributed by atoms with Crippen LogP contribution in [0, 0.1) is 13.8 Å². The predicted octanol–water partition coefficient (Wildman–Crippen LogP) is 4.62. The second kappa shape index (κ2) is 6.27. The van der Waals surface area contributed by atoms with Crippen LogP contribution in [0.5, 0.6) is 0 Å². The lowest BCUT2D eigenvalue weighted by Crippen LogP contribution is -2.06. The van der Waals surface area contributed by atoms with E-state index in [2.05, 4.69) is 56.3 Å². The smallest absolute Gasteiger partial charge is 0.0277 e. The van der Waals surface area contributed by atoms with Gasteiger partial charge in [0.1, 0.15) is 0 Å². The first-order valence-corrected chi connectivity index (χ1v) is 7.59. The normalized spacial score (nSPS) is 12.4. The van der Waals surface area contributed by atoms with E-state index in [0.29, 0.717) is 0 Å². The van der Waals surface area contributed by atoms with Gasteiger partial charge in [-0.25, -0.2) is 0 Å². The Bertz CT molecular complexity index is 541. The minimum atomic E-state index is 0.0861. The van der Waals surface area contributed by atoms with Gasteiger partial charge in [0.15, 0.2) is 0 Å². The molecule has 0 heterocycles. The molecule has 0 aliphatic heterocycles. The van der Waals surface area contributed by atoms with E-state index in [4.69, 9.17) is 5.73 Å². The first kappa shape index (κ1) is 14.2. The average Bonchev–Trinajstić information content (AvgIpc) is 2.35. The summed E-state index contributed by atoms with van der Waals surface area (Å²) >= 11 is 1.87. The molecule has 0 saturated heterocycles. The van der Waals surface area contributed by atoms with Crippen molar-refractivity contribution in [2.75, 3.05) is 0 Å². The highest BCUT2D eigenvalue weighted by atomic mass is 32.2. The van der Waals surface area contributed by atoms with Crippen molar-refractivity contribution in [3.63, 3.8) is 0 Å². The second-order valence-electron chi connectivity index (χ2n) is 5.11. The van der Waals surface area contributed by atoms with Crippen molar-refractivity contribution in [1.29, 1.82) is 0 Å². The zero-order valence-electron chi connectivity index (χ0n) is 11.8. The molecule has 2 aromatic rings. The molecule has 0 bridgehead atoms. The van der Waals surface area contributed by atoms with E-state index >= 15 is 0 Å². The Morgan fingerprint density at radius 1 is 1.05 bits per heavy atom. The Labute approximate surface area is 120 Å². The molecule has 19 heavy (non-hydrogen) atoms. The maximum atomic E-state index is 6.02. The van der Waals surface area contributed by atoms with Crippen LogP contribution in [0.2, 0.25) is 0 Å². The lowest BCUT2D eigenvalue weighted by Gasteiger charge is -2.12. The summed E-state index contributed by atoms with van der Waals surface area (Å²) in [6, 6.07) is 15.2. The highest BCUT2D eigenvalue weighted by Gasteiger charge is 2.07. The molecule has 0 aromatic heterocycles. The van der Waals surface area contributed by atoms with Crippen LogP contribution in [0.1, 0.15) is 35.2 Å². The number of benzene rings is 2. The van der Waals surface area contributed by atoms with Crippen LogP contribution in [0.4, 0.5) is 0 Å². The van der Waals surface area contributed by atoms with E-state index in [1.807, 2.05) is 18.7 Å². The van der Waals surface area contributed by atoms with Crippen LogP contribution in [0.25, 0.3) is 0 Å². The van der Waals surface area contributed by atoms with Gasteiger partial charge in [0.2, 0.25) is 0 Å². The topological polar surface area (TPSA) is 26.0 Å². The molecule has 1 nitrogen and oxygen atoms in total. The number of thioether (sulfide) groups is 1. The number of aryl methyl sites for hydroxylation is 2. The standard InChI is InChI=1S/C17H21NS/c1-12-8-13(2)10-15(9-12)11-19-17-7-5-4-6-16(17)14(3)18/h4-10,14H,11,18H2,1-3H3/t14-/m0/s1. The number of nitrogens with two attached hydrogens (primary N) is 1. The highest BCUT2D eigenvalue weighted by molar-refractivity contribution is 7.98. The minimum absolute atomic E-state index is 0.0861. The van der Waals surface area contributed by atoms with E-state index in [9.17, 15) is 0 Å². The van der Waals surface area contributed by atoms with Crippen LogP contribution in [-0.2, 0) is 5.75 Å². The summed E-state index contributed by atoms with van der Waals surface area (Å²) in [7, 11) is 0. The van der Waals surface area contributed by atoms with Crippen LogP contribution in [0.3, 0.4) is 0 Å². The van der Waals surface area contributed by atoms with E-state index in [-0.39, 0.29) is 6.04 Å². The zero-order chi connectivity index (χ0) is 13.8. The fourth-order valence-corrected chi connectivity index (χ4v) is 3.39. The first-order chi connectivity index (χ1) is 9.06. The van der Waals surface area contributed by atoms with Crippen molar-refractivity contribution in [1.82, 2.24) is 0 Å². The van der Waals surface area contributed by atoms with Crippen molar-refractivity contribution in [2.24, 2.45) is 5.73 Å². The van der Waals surface area contributed by atoms with Gasteiger partial charge < -0.3 is 5.73 Å². The van der Waals surface area contributed by atoms with Gasteiger partial charge in [-0.05, 0) is 38.0 Å². The average molecular weight is 271 g/mol. The Morgan fingerprint density at radius 3 is 2.32 bits per heavy atom. The van der Waals surface area contributed by atoms with Crippen LogP contribution >= 0.6 is 11.8 Å². The summed E-state index contributed by atoms with van der Waals surface area (Å²) in [6.07, 6.45) is 0. The predicted molar refractivity (Wildman–Crippen MR) is 84.5 cm³/mol. The molecule has 100 valence electrons. The quantitative estimate of drug-likeness (QED) is 0.821. The van der Waals surface area contributed by atoms with Gasteiger partial charge >= 0.3 is 0 Å². The van der Waals surface area contributed by atoms with Crippen LogP contribution in [0.15, 0.2) is 47.4 Å². The summed E-state index contributed by atoms with van der Waals surface area (Å²) in [5.41, 5.74) is 11.3. The molecule has 0 aliphatic carbocycles. The largest absolute Gasteiger partial charge is 0.324 e. The van der Waals surface area contributed by atoms with Crippen molar-refractivity contribution in [3.8, 4) is 0 Å². The molecule has 0 amide bonds. The summed E-state index contributed by atoms with van der Waals surface area (Å²) in [5, 5.41) is 0. The van der Waals surface area contributed by atoms with Crippen LogP contribution < -0.4 is 5.73 Å². The number of rotatable bonds is 4. The molecule has 0 saturated carbocycles. The van der Waals surface area contributed by atoms with Gasteiger partial charge in [0, 0.05) is 16.7 Å². The maximum Gasteiger partial charge on any atom is 0.0277 e. The lowest BCUT2D eigenvalue weighted by molar-refractivity contribution is 0.797. The van der Waals surface area contributed by atoms with E-state index in [1.54, 1.807) is 0 Å². The third-order valence-corrected chi connectivity index (χ3v) is 4.25. The zero-order valence-corrected chi connectivity index (χ0v) is 12.6. The molecule has 0 fully saturated rings. The molecule has 2 rings (SSSR count). The fraction of sp³-hybridized carbons (Fsp3) is 0.294. The molecule has 2 N–H and O–H groups in total. The Kier molecular flexibility index (Phi) is 4.67. The second-order valence-corrected chi connectivity index (χ2v) is 6.13. The monoisotopic (exact) mass is 271 g/mol. The SMILES string of the molecule is Cc1cc(C)cc(CSc2ccccc2[C@H](C)N)c1. The fourth-order valence-electron chi connectivity index (χ4n) is 2.30. The molecular formula is C17H21NS. The van der Waals surface area contributed by atoms with Crippen molar-refractivity contribution in [2.45, 2.75) is 37.5 Å².